The smallest absolute Gasteiger partial charge is 0.224 e. The van der Waals surface area contributed by atoms with Gasteiger partial charge in [-0.05, 0) is 51.7 Å². The van der Waals surface area contributed by atoms with Gasteiger partial charge in [-0.2, -0.15) is 10.1 Å². The van der Waals surface area contributed by atoms with E-state index < -0.39 is 5.79 Å². The molecule has 186 valence electrons. The summed E-state index contributed by atoms with van der Waals surface area (Å²) in [5, 5.41) is 11.9. The minimum atomic E-state index is -0.575. The van der Waals surface area contributed by atoms with Gasteiger partial charge in [-0.3, -0.25) is 4.79 Å². The average Bonchev–Trinajstić information content (AvgIpc) is 3.42. The summed E-state index contributed by atoms with van der Waals surface area (Å²) < 4.78 is 19.3. The number of amides is 1. The highest BCUT2D eigenvalue weighted by atomic mass is 16.7. The molecule has 0 bridgehead atoms. The summed E-state index contributed by atoms with van der Waals surface area (Å²) in [7, 11) is 0. The Morgan fingerprint density at radius 1 is 1.20 bits per heavy atom. The van der Waals surface area contributed by atoms with Crippen LogP contribution in [0.5, 0.6) is 5.75 Å². The predicted molar refractivity (Wildman–Crippen MR) is 131 cm³/mol. The lowest BCUT2D eigenvalue weighted by atomic mass is 9.91. The minimum Gasteiger partial charge on any atom is -0.490 e. The Kier molecular flexibility index (Phi) is 6.57. The van der Waals surface area contributed by atoms with Crippen molar-refractivity contribution < 1.29 is 19.0 Å². The van der Waals surface area contributed by atoms with Gasteiger partial charge in [0, 0.05) is 31.3 Å². The summed E-state index contributed by atoms with van der Waals surface area (Å²) in [4.78, 5) is 20.4. The topological polar surface area (TPSA) is 112 Å². The number of fused-ring (bicyclic) bond motifs is 1. The zero-order valence-electron chi connectivity index (χ0n) is 20.4. The van der Waals surface area contributed by atoms with Crippen molar-refractivity contribution >= 4 is 22.8 Å². The van der Waals surface area contributed by atoms with E-state index in [0.717, 1.165) is 42.3 Å². The molecule has 5 rings (SSSR count). The number of rotatable bonds is 7. The largest absolute Gasteiger partial charge is 0.490 e. The van der Waals surface area contributed by atoms with Crippen molar-refractivity contribution in [3.8, 4) is 11.6 Å². The second-order valence-electron chi connectivity index (χ2n) is 9.64. The molecule has 0 unspecified atom stereocenters. The first-order chi connectivity index (χ1) is 16.9. The van der Waals surface area contributed by atoms with Crippen LogP contribution in [0.25, 0.3) is 16.7 Å². The van der Waals surface area contributed by atoms with Crippen molar-refractivity contribution in [2.24, 2.45) is 0 Å². The van der Waals surface area contributed by atoms with Gasteiger partial charge < -0.3 is 24.8 Å². The Labute approximate surface area is 204 Å². The zero-order chi connectivity index (χ0) is 24.4. The second kappa shape index (κ2) is 9.79. The van der Waals surface area contributed by atoms with Crippen LogP contribution in [-0.4, -0.2) is 62.8 Å². The maximum absolute atomic E-state index is 11.3. The van der Waals surface area contributed by atoms with Crippen molar-refractivity contribution in [2.45, 2.75) is 70.4 Å². The standard InChI is InChI=1S/C25H32N6O4/c1-16(32)28-17-7-9-18(10-8-17)29-24-26-12-11-23(30-24)31-21-5-4-6-22(20(21)13-27-31)33-14-19-15-34-25(2,3)35-19/h4-6,11-13,17-19H,7-10,14-15H2,1-3H3,(H,28,32)(H,26,29,30)/t17-,18-,19-/m1/s1. The minimum absolute atomic E-state index is 0.0299. The second-order valence-corrected chi connectivity index (χ2v) is 9.64. The van der Waals surface area contributed by atoms with Crippen LogP contribution in [0.15, 0.2) is 36.7 Å². The van der Waals surface area contributed by atoms with E-state index in [-0.39, 0.29) is 24.1 Å². The van der Waals surface area contributed by atoms with Crippen molar-refractivity contribution in [3.05, 3.63) is 36.7 Å². The molecule has 1 saturated heterocycles. The fourth-order valence-electron chi connectivity index (χ4n) is 4.75. The van der Waals surface area contributed by atoms with Gasteiger partial charge in [0.05, 0.1) is 23.7 Å². The number of anilines is 1. The molecule has 3 heterocycles. The zero-order valence-corrected chi connectivity index (χ0v) is 20.4. The van der Waals surface area contributed by atoms with Gasteiger partial charge in [0.25, 0.3) is 0 Å². The predicted octanol–water partition coefficient (Wildman–Crippen LogP) is 3.21. The first-order valence-electron chi connectivity index (χ1n) is 12.1. The van der Waals surface area contributed by atoms with E-state index >= 15 is 0 Å². The van der Waals surface area contributed by atoms with Crippen LogP contribution in [0.2, 0.25) is 0 Å². The molecule has 2 aromatic heterocycles. The van der Waals surface area contributed by atoms with Crippen LogP contribution in [0, 0.1) is 0 Å². The molecule has 10 nitrogen and oxygen atoms in total. The normalized spacial score (nSPS) is 23.8. The van der Waals surface area contributed by atoms with Gasteiger partial charge in [-0.25, -0.2) is 9.67 Å². The fourth-order valence-corrected chi connectivity index (χ4v) is 4.75. The molecule has 2 fully saturated rings. The van der Waals surface area contributed by atoms with Crippen molar-refractivity contribution in [1.82, 2.24) is 25.1 Å². The average molecular weight is 481 g/mol. The monoisotopic (exact) mass is 480 g/mol. The van der Waals surface area contributed by atoms with Gasteiger partial charge in [0.1, 0.15) is 18.5 Å². The van der Waals surface area contributed by atoms with E-state index in [2.05, 4.69) is 20.7 Å². The quantitative estimate of drug-likeness (QED) is 0.530. The number of nitrogens with zero attached hydrogens (tertiary/aromatic N) is 4. The molecule has 0 radical (unpaired) electrons. The Bertz CT molecular complexity index is 1190. The summed E-state index contributed by atoms with van der Waals surface area (Å²) in [6, 6.07) is 8.23. The SMILES string of the molecule is CC(=O)N[C@H]1CC[C@H](Nc2nccc(-n3ncc4c(OC[C@@H]5COC(C)(C)O5)cccc43)n2)CC1. The van der Waals surface area contributed by atoms with Gasteiger partial charge in [0.2, 0.25) is 11.9 Å². The molecule has 2 N–H and O–H groups in total. The molecular formula is C25H32N6O4. The highest BCUT2D eigenvalue weighted by Crippen LogP contribution is 2.29. The lowest BCUT2D eigenvalue weighted by Crippen LogP contribution is -2.39. The summed E-state index contributed by atoms with van der Waals surface area (Å²) in [5.41, 5.74) is 0.895. The maximum Gasteiger partial charge on any atom is 0.224 e. The number of carbonyl (C=O) groups excluding carboxylic acids is 1. The number of ether oxygens (including phenoxy) is 3. The van der Waals surface area contributed by atoms with Crippen LogP contribution >= 0.6 is 0 Å². The molecule has 35 heavy (non-hydrogen) atoms. The Balaban J connectivity index is 1.26. The van der Waals surface area contributed by atoms with Gasteiger partial charge >= 0.3 is 0 Å². The highest BCUT2D eigenvalue weighted by Gasteiger charge is 2.33. The summed E-state index contributed by atoms with van der Waals surface area (Å²) in [5.74, 6) is 1.44. The summed E-state index contributed by atoms with van der Waals surface area (Å²) in [6.07, 6.45) is 7.21. The molecular weight excluding hydrogens is 448 g/mol. The Morgan fingerprint density at radius 2 is 2.00 bits per heavy atom. The summed E-state index contributed by atoms with van der Waals surface area (Å²) >= 11 is 0. The van der Waals surface area contributed by atoms with E-state index in [1.165, 1.54) is 0 Å². The molecule has 0 spiro atoms. The third-order valence-corrected chi connectivity index (χ3v) is 6.39. The molecule has 1 saturated carbocycles. The van der Waals surface area contributed by atoms with Crippen LogP contribution < -0.4 is 15.4 Å². The fraction of sp³-hybridized carbons (Fsp3) is 0.520. The molecule has 10 heteroatoms. The van der Waals surface area contributed by atoms with Crippen LogP contribution in [-0.2, 0) is 14.3 Å². The number of aromatic nitrogens is 4. The van der Waals surface area contributed by atoms with Crippen molar-refractivity contribution in [3.63, 3.8) is 0 Å². The number of benzene rings is 1. The Hall–Kier alpha value is -3.24. The van der Waals surface area contributed by atoms with Gasteiger partial charge in [-0.1, -0.05) is 6.07 Å². The lowest BCUT2D eigenvalue weighted by Gasteiger charge is -2.29. The molecule has 1 aliphatic carbocycles. The summed E-state index contributed by atoms with van der Waals surface area (Å²) in [6.45, 7) is 6.28. The van der Waals surface area contributed by atoms with Crippen molar-refractivity contribution in [1.29, 1.82) is 0 Å². The lowest BCUT2D eigenvalue weighted by molar-refractivity contribution is -0.141. The number of carbonyl (C=O) groups is 1. The molecule has 1 atom stereocenters. The van der Waals surface area contributed by atoms with Crippen molar-refractivity contribution in [2.75, 3.05) is 18.5 Å². The molecule has 1 aliphatic heterocycles. The molecule has 3 aromatic rings. The molecule has 1 aromatic carbocycles. The third-order valence-electron chi connectivity index (χ3n) is 6.39. The van der Waals surface area contributed by atoms with E-state index in [0.29, 0.717) is 25.0 Å². The van der Waals surface area contributed by atoms with Crippen LogP contribution in [0.1, 0.15) is 46.5 Å². The first kappa shape index (κ1) is 23.5. The Morgan fingerprint density at radius 3 is 2.74 bits per heavy atom. The maximum atomic E-state index is 11.3. The third kappa shape index (κ3) is 5.54. The first-order valence-corrected chi connectivity index (χ1v) is 12.1. The van der Waals surface area contributed by atoms with Gasteiger partial charge in [0.15, 0.2) is 11.6 Å². The van der Waals surface area contributed by atoms with E-state index in [1.54, 1.807) is 24.0 Å². The molecule has 2 aliphatic rings. The number of hydrogen-bond donors (Lipinski definition) is 2. The van der Waals surface area contributed by atoms with E-state index in [9.17, 15) is 4.79 Å². The van der Waals surface area contributed by atoms with Crippen LogP contribution in [0.4, 0.5) is 5.95 Å². The number of nitrogens with one attached hydrogen (secondary N) is 2. The van der Waals surface area contributed by atoms with E-state index in [1.807, 2.05) is 38.1 Å². The molecule has 1 amide bonds. The van der Waals surface area contributed by atoms with Crippen LogP contribution in [0.3, 0.4) is 0 Å². The van der Waals surface area contributed by atoms with E-state index in [4.69, 9.17) is 19.2 Å². The highest BCUT2D eigenvalue weighted by molar-refractivity contribution is 5.86. The number of hydrogen-bond acceptors (Lipinski definition) is 8. The van der Waals surface area contributed by atoms with Gasteiger partial charge in [-0.15, -0.1) is 0 Å².